The van der Waals surface area contributed by atoms with Crippen LogP contribution in [0.25, 0.3) is 0 Å². The minimum absolute atomic E-state index is 0.0982. The van der Waals surface area contributed by atoms with E-state index in [0.29, 0.717) is 26.2 Å². The van der Waals surface area contributed by atoms with Gasteiger partial charge in [0.25, 0.3) is 0 Å². The molecule has 0 saturated carbocycles. The molecule has 0 saturated heterocycles. The number of carboxylic acid groups (broad SMARTS) is 1. The van der Waals surface area contributed by atoms with Crippen LogP contribution < -0.4 is 0 Å². The van der Waals surface area contributed by atoms with Gasteiger partial charge in [0.05, 0.1) is 18.6 Å². The Kier molecular flexibility index (Phi) is 6.52. The SMILES string of the molecule is COCCOCCC(C)(C(=O)O)C(C)C. The second-order valence-electron chi connectivity index (χ2n) is 4.23. The number of methoxy groups -OCH3 is 1. The highest BCUT2D eigenvalue weighted by molar-refractivity contribution is 5.74. The van der Waals surface area contributed by atoms with Gasteiger partial charge in [-0.3, -0.25) is 4.79 Å². The lowest BCUT2D eigenvalue weighted by Gasteiger charge is -2.28. The first kappa shape index (κ1) is 14.4. The van der Waals surface area contributed by atoms with Gasteiger partial charge >= 0.3 is 5.97 Å². The van der Waals surface area contributed by atoms with Crippen LogP contribution in [-0.2, 0) is 14.3 Å². The zero-order chi connectivity index (χ0) is 11.9. The molecule has 0 spiro atoms. The van der Waals surface area contributed by atoms with E-state index in [2.05, 4.69) is 0 Å². The summed E-state index contributed by atoms with van der Waals surface area (Å²) in [6.45, 7) is 7.13. The van der Waals surface area contributed by atoms with Crippen LogP contribution in [0.3, 0.4) is 0 Å². The van der Waals surface area contributed by atoms with Gasteiger partial charge in [-0.1, -0.05) is 13.8 Å². The third-order valence-electron chi connectivity index (χ3n) is 2.96. The molecule has 0 aromatic rings. The molecule has 4 heteroatoms. The van der Waals surface area contributed by atoms with Crippen molar-refractivity contribution in [3.8, 4) is 0 Å². The molecule has 15 heavy (non-hydrogen) atoms. The van der Waals surface area contributed by atoms with Crippen molar-refractivity contribution < 1.29 is 19.4 Å². The van der Waals surface area contributed by atoms with E-state index in [1.807, 2.05) is 13.8 Å². The minimum atomic E-state index is -0.757. The van der Waals surface area contributed by atoms with E-state index >= 15 is 0 Å². The fourth-order valence-corrected chi connectivity index (χ4v) is 1.17. The summed E-state index contributed by atoms with van der Waals surface area (Å²) in [6.07, 6.45) is 0.531. The number of carboxylic acids is 1. The Balaban J connectivity index is 3.93. The molecule has 4 nitrogen and oxygen atoms in total. The van der Waals surface area contributed by atoms with Crippen LogP contribution in [0.2, 0.25) is 0 Å². The number of hydrogen-bond donors (Lipinski definition) is 1. The maximum atomic E-state index is 11.1. The largest absolute Gasteiger partial charge is 0.481 e. The average molecular weight is 218 g/mol. The molecule has 0 fully saturated rings. The molecule has 0 aliphatic heterocycles. The smallest absolute Gasteiger partial charge is 0.309 e. The summed E-state index contributed by atoms with van der Waals surface area (Å²) in [5, 5.41) is 9.13. The summed E-state index contributed by atoms with van der Waals surface area (Å²) in [5.41, 5.74) is -0.701. The van der Waals surface area contributed by atoms with E-state index in [1.54, 1.807) is 14.0 Å². The van der Waals surface area contributed by atoms with Crippen molar-refractivity contribution >= 4 is 5.97 Å². The summed E-state index contributed by atoms with van der Waals surface area (Å²) in [6, 6.07) is 0. The second kappa shape index (κ2) is 6.80. The molecule has 0 aliphatic rings. The van der Waals surface area contributed by atoms with Gasteiger partial charge in [-0.05, 0) is 19.3 Å². The summed E-state index contributed by atoms with van der Waals surface area (Å²) in [4.78, 5) is 11.1. The van der Waals surface area contributed by atoms with Crippen LogP contribution in [0.1, 0.15) is 27.2 Å². The quantitative estimate of drug-likeness (QED) is 0.631. The molecular weight excluding hydrogens is 196 g/mol. The highest BCUT2D eigenvalue weighted by atomic mass is 16.5. The van der Waals surface area contributed by atoms with Crippen molar-refractivity contribution in [1.29, 1.82) is 0 Å². The van der Waals surface area contributed by atoms with Gasteiger partial charge < -0.3 is 14.6 Å². The number of aliphatic carboxylic acids is 1. The lowest BCUT2D eigenvalue weighted by molar-refractivity contribution is -0.152. The standard InChI is InChI=1S/C11H22O4/c1-9(2)11(3,10(12)13)5-6-15-8-7-14-4/h9H,5-8H2,1-4H3,(H,12,13). The molecule has 1 unspecified atom stereocenters. The van der Waals surface area contributed by atoms with E-state index in [-0.39, 0.29) is 5.92 Å². The van der Waals surface area contributed by atoms with Crippen LogP contribution in [0, 0.1) is 11.3 Å². The summed E-state index contributed by atoms with van der Waals surface area (Å²) < 4.78 is 10.1. The molecule has 0 aromatic heterocycles. The lowest BCUT2D eigenvalue weighted by atomic mass is 9.77. The van der Waals surface area contributed by atoms with Gasteiger partial charge in [0.2, 0.25) is 0 Å². The first-order valence-electron chi connectivity index (χ1n) is 5.25. The summed E-state index contributed by atoms with van der Waals surface area (Å²) in [7, 11) is 1.61. The van der Waals surface area contributed by atoms with Gasteiger partial charge in [-0.15, -0.1) is 0 Å². The zero-order valence-electron chi connectivity index (χ0n) is 10.1. The highest BCUT2D eigenvalue weighted by Crippen LogP contribution is 2.31. The number of hydrogen-bond acceptors (Lipinski definition) is 3. The van der Waals surface area contributed by atoms with E-state index < -0.39 is 11.4 Å². The highest BCUT2D eigenvalue weighted by Gasteiger charge is 2.36. The fraction of sp³-hybridized carbons (Fsp3) is 0.909. The molecular formula is C11H22O4. The lowest BCUT2D eigenvalue weighted by Crippen LogP contribution is -2.34. The summed E-state index contributed by atoms with van der Waals surface area (Å²) in [5.74, 6) is -0.658. The average Bonchev–Trinajstić information content (AvgIpc) is 2.16. The Morgan fingerprint density at radius 3 is 2.33 bits per heavy atom. The predicted molar refractivity (Wildman–Crippen MR) is 57.9 cm³/mol. The van der Waals surface area contributed by atoms with E-state index in [1.165, 1.54) is 0 Å². The molecule has 0 heterocycles. The monoisotopic (exact) mass is 218 g/mol. The zero-order valence-corrected chi connectivity index (χ0v) is 10.1. The molecule has 0 rings (SSSR count). The topological polar surface area (TPSA) is 55.8 Å². The maximum absolute atomic E-state index is 11.1. The van der Waals surface area contributed by atoms with Crippen molar-refractivity contribution in [2.75, 3.05) is 26.9 Å². The predicted octanol–water partition coefficient (Wildman–Crippen LogP) is 1.79. The third kappa shape index (κ3) is 4.62. The molecule has 90 valence electrons. The molecule has 1 N–H and O–H groups in total. The van der Waals surface area contributed by atoms with Crippen molar-refractivity contribution in [2.45, 2.75) is 27.2 Å². The molecule has 0 amide bonds. The minimum Gasteiger partial charge on any atom is -0.481 e. The Hall–Kier alpha value is -0.610. The van der Waals surface area contributed by atoms with Crippen LogP contribution in [0.15, 0.2) is 0 Å². The molecule has 0 aliphatic carbocycles. The first-order valence-corrected chi connectivity index (χ1v) is 5.25. The van der Waals surface area contributed by atoms with Gasteiger partial charge in [0, 0.05) is 13.7 Å². The van der Waals surface area contributed by atoms with Crippen molar-refractivity contribution in [3.63, 3.8) is 0 Å². The fourth-order valence-electron chi connectivity index (χ4n) is 1.17. The molecule has 0 radical (unpaired) electrons. The van der Waals surface area contributed by atoms with E-state index in [9.17, 15) is 4.79 Å². The molecule has 1 atom stereocenters. The molecule has 0 aromatic carbocycles. The Morgan fingerprint density at radius 1 is 1.33 bits per heavy atom. The van der Waals surface area contributed by atoms with Gasteiger partial charge in [-0.2, -0.15) is 0 Å². The van der Waals surface area contributed by atoms with Crippen molar-refractivity contribution in [1.82, 2.24) is 0 Å². The van der Waals surface area contributed by atoms with Gasteiger partial charge in [0.1, 0.15) is 0 Å². The normalized spacial score (nSPS) is 15.3. The van der Waals surface area contributed by atoms with Crippen molar-refractivity contribution in [2.24, 2.45) is 11.3 Å². The third-order valence-corrected chi connectivity index (χ3v) is 2.96. The Labute approximate surface area is 91.6 Å². The van der Waals surface area contributed by atoms with Crippen LogP contribution in [0.4, 0.5) is 0 Å². The van der Waals surface area contributed by atoms with E-state index in [4.69, 9.17) is 14.6 Å². The summed E-state index contributed by atoms with van der Waals surface area (Å²) >= 11 is 0. The Morgan fingerprint density at radius 2 is 1.93 bits per heavy atom. The van der Waals surface area contributed by atoms with Gasteiger partial charge in [0.15, 0.2) is 0 Å². The maximum Gasteiger partial charge on any atom is 0.309 e. The van der Waals surface area contributed by atoms with Crippen LogP contribution in [0.5, 0.6) is 0 Å². The van der Waals surface area contributed by atoms with E-state index in [0.717, 1.165) is 0 Å². The van der Waals surface area contributed by atoms with Crippen LogP contribution >= 0.6 is 0 Å². The van der Waals surface area contributed by atoms with Crippen LogP contribution in [-0.4, -0.2) is 38.0 Å². The van der Waals surface area contributed by atoms with Crippen molar-refractivity contribution in [3.05, 3.63) is 0 Å². The number of rotatable bonds is 8. The second-order valence-corrected chi connectivity index (χ2v) is 4.23. The van der Waals surface area contributed by atoms with Gasteiger partial charge in [-0.25, -0.2) is 0 Å². The number of ether oxygens (including phenoxy) is 2. The first-order chi connectivity index (χ1) is 6.95. The number of carbonyl (C=O) groups is 1. The molecule has 0 bridgehead atoms. The Bertz CT molecular complexity index is 191.